The lowest BCUT2D eigenvalue weighted by molar-refractivity contribution is 0.0697. The molecular weight excluding hydrogens is 228 g/mol. The number of carboxylic acids is 1. The summed E-state index contributed by atoms with van der Waals surface area (Å²) >= 11 is 0. The van der Waals surface area contributed by atoms with E-state index in [0.29, 0.717) is 11.1 Å². The molecule has 88 valence electrons. The van der Waals surface area contributed by atoms with Crippen LogP contribution in [0.2, 0.25) is 0 Å². The van der Waals surface area contributed by atoms with Crippen molar-refractivity contribution in [3.05, 3.63) is 60.4 Å². The lowest BCUT2D eigenvalue weighted by Crippen LogP contribution is -2.01. The quantitative estimate of drug-likeness (QED) is 0.746. The number of hydrogen-bond donors (Lipinski definition) is 1. The molecule has 0 radical (unpaired) electrons. The zero-order valence-electron chi connectivity index (χ0n) is 9.45. The van der Waals surface area contributed by atoms with Gasteiger partial charge in [-0.3, -0.25) is 4.40 Å². The van der Waals surface area contributed by atoms with Crippen molar-refractivity contribution in [3.63, 3.8) is 0 Å². The molecular formula is C14H10N2O2. The minimum atomic E-state index is -0.928. The van der Waals surface area contributed by atoms with Gasteiger partial charge in [0.15, 0.2) is 0 Å². The van der Waals surface area contributed by atoms with Crippen LogP contribution in [0.15, 0.2) is 54.9 Å². The Kier molecular flexibility index (Phi) is 2.34. The van der Waals surface area contributed by atoms with Crippen LogP contribution in [0.1, 0.15) is 10.4 Å². The van der Waals surface area contributed by atoms with Crippen LogP contribution >= 0.6 is 0 Å². The molecule has 0 bridgehead atoms. The van der Waals surface area contributed by atoms with Gasteiger partial charge in [0.1, 0.15) is 5.65 Å². The van der Waals surface area contributed by atoms with E-state index in [1.54, 1.807) is 24.4 Å². The van der Waals surface area contributed by atoms with Crippen molar-refractivity contribution in [2.24, 2.45) is 0 Å². The molecule has 0 unspecified atom stereocenters. The van der Waals surface area contributed by atoms with E-state index in [9.17, 15) is 9.90 Å². The van der Waals surface area contributed by atoms with Crippen LogP contribution in [0.4, 0.5) is 0 Å². The fraction of sp³-hybridized carbons (Fsp3) is 0. The van der Waals surface area contributed by atoms with E-state index in [2.05, 4.69) is 4.98 Å². The number of pyridine rings is 1. The average Bonchev–Trinajstić information content (AvgIpc) is 2.86. The van der Waals surface area contributed by atoms with Crippen LogP contribution in [0.3, 0.4) is 0 Å². The maximum absolute atomic E-state index is 11.2. The Morgan fingerprint density at radius 3 is 2.78 bits per heavy atom. The molecule has 0 saturated heterocycles. The molecule has 2 heterocycles. The SMILES string of the molecule is O=C(O)c1ccccc1-c1cccc2nccn12. The number of carboxylic acid groups (broad SMARTS) is 1. The number of aromatic carboxylic acids is 1. The van der Waals surface area contributed by atoms with Crippen LogP contribution in [-0.2, 0) is 0 Å². The minimum absolute atomic E-state index is 0.290. The number of imidazole rings is 1. The number of aromatic nitrogens is 2. The average molecular weight is 238 g/mol. The van der Waals surface area contributed by atoms with E-state index in [0.717, 1.165) is 11.3 Å². The van der Waals surface area contributed by atoms with Crippen molar-refractivity contribution in [1.82, 2.24) is 9.38 Å². The monoisotopic (exact) mass is 238 g/mol. The number of benzene rings is 1. The first-order valence-electron chi connectivity index (χ1n) is 5.52. The lowest BCUT2D eigenvalue weighted by Gasteiger charge is -2.08. The summed E-state index contributed by atoms with van der Waals surface area (Å²) in [6.45, 7) is 0. The highest BCUT2D eigenvalue weighted by Gasteiger charge is 2.12. The molecule has 3 aromatic rings. The molecule has 2 aromatic heterocycles. The summed E-state index contributed by atoms with van der Waals surface area (Å²) in [7, 11) is 0. The fourth-order valence-corrected chi connectivity index (χ4v) is 2.06. The summed E-state index contributed by atoms with van der Waals surface area (Å²) in [6, 6.07) is 12.6. The van der Waals surface area contributed by atoms with E-state index >= 15 is 0 Å². The highest BCUT2D eigenvalue weighted by Crippen LogP contribution is 2.24. The summed E-state index contributed by atoms with van der Waals surface area (Å²) in [6.07, 6.45) is 3.52. The van der Waals surface area contributed by atoms with Crippen LogP contribution in [0.5, 0.6) is 0 Å². The third kappa shape index (κ3) is 1.55. The number of rotatable bonds is 2. The van der Waals surface area contributed by atoms with E-state index in [1.807, 2.05) is 34.9 Å². The standard InChI is InChI=1S/C14H10N2O2/c17-14(18)11-5-2-1-4-10(11)12-6-3-7-13-15-8-9-16(12)13/h1-9H,(H,17,18). The molecule has 0 atom stereocenters. The molecule has 1 aromatic carbocycles. The van der Waals surface area contributed by atoms with Crippen LogP contribution in [-0.4, -0.2) is 20.5 Å². The van der Waals surface area contributed by atoms with Crippen molar-refractivity contribution < 1.29 is 9.90 Å². The van der Waals surface area contributed by atoms with Gasteiger partial charge in [-0.05, 0) is 18.2 Å². The molecule has 0 spiro atoms. The largest absolute Gasteiger partial charge is 0.478 e. The first-order chi connectivity index (χ1) is 8.77. The Hall–Kier alpha value is -2.62. The Bertz CT molecular complexity index is 731. The molecule has 4 heteroatoms. The lowest BCUT2D eigenvalue weighted by atomic mass is 10.0. The molecule has 18 heavy (non-hydrogen) atoms. The normalized spacial score (nSPS) is 10.7. The number of hydrogen-bond acceptors (Lipinski definition) is 2. The van der Waals surface area contributed by atoms with Gasteiger partial charge < -0.3 is 5.11 Å². The highest BCUT2D eigenvalue weighted by molar-refractivity contribution is 5.95. The predicted octanol–water partition coefficient (Wildman–Crippen LogP) is 2.70. The van der Waals surface area contributed by atoms with E-state index < -0.39 is 5.97 Å². The van der Waals surface area contributed by atoms with Gasteiger partial charge in [-0.15, -0.1) is 0 Å². The molecule has 0 aliphatic carbocycles. The topological polar surface area (TPSA) is 54.6 Å². The van der Waals surface area contributed by atoms with Gasteiger partial charge in [-0.2, -0.15) is 0 Å². The maximum atomic E-state index is 11.2. The predicted molar refractivity (Wildman–Crippen MR) is 67.6 cm³/mol. The zero-order valence-corrected chi connectivity index (χ0v) is 9.45. The van der Waals surface area contributed by atoms with Crippen LogP contribution in [0.25, 0.3) is 16.9 Å². The van der Waals surface area contributed by atoms with Crippen molar-refractivity contribution in [2.75, 3.05) is 0 Å². The molecule has 0 saturated carbocycles. The molecule has 0 aliphatic heterocycles. The number of fused-ring (bicyclic) bond motifs is 1. The number of carbonyl (C=O) groups is 1. The third-order valence-corrected chi connectivity index (χ3v) is 2.86. The maximum Gasteiger partial charge on any atom is 0.336 e. The summed E-state index contributed by atoms with van der Waals surface area (Å²) in [5.41, 5.74) is 2.60. The van der Waals surface area contributed by atoms with Gasteiger partial charge in [0.2, 0.25) is 0 Å². The summed E-state index contributed by atoms with van der Waals surface area (Å²) in [5, 5.41) is 9.22. The first-order valence-corrected chi connectivity index (χ1v) is 5.52. The zero-order chi connectivity index (χ0) is 12.5. The second-order valence-corrected chi connectivity index (χ2v) is 3.92. The van der Waals surface area contributed by atoms with Crippen LogP contribution < -0.4 is 0 Å². The molecule has 1 N–H and O–H groups in total. The van der Waals surface area contributed by atoms with Crippen molar-refractivity contribution in [1.29, 1.82) is 0 Å². The second kappa shape index (κ2) is 4.00. The second-order valence-electron chi connectivity index (χ2n) is 3.92. The van der Waals surface area contributed by atoms with Gasteiger partial charge in [0.05, 0.1) is 11.3 Å². The minimum Gasteiger partial charge on any atom is -0.478 e. The summed E-state index contributed by atoms with van der Waals surface area (Å²) in [4.78, 5) is 15.4. The van der Waals surface area contributed by atoms with E-state index in [4.69, 9.17) is 0 Å². The summed E-state index contributed by atoms with van der Waals surface area (Å²) < 4.78 is 1.88. The van der Waals surface area contributed by atoms with E-state index in [-0.39, 0.29) is 0 Å². The molecule has 0 aliphatic rings. The third-order valence-electron chi connectivity index (χ3n) is 2.86. The molecule has 3 rings (SSSR count). The van der Waals surface area contributed by atoms with Crippen molar-refractivity contribution in [3.8, 4) is 11.3 Å². The Morgan fingerprint density at radius 1 is 1.11 bits per heavy atom. The molecule has 0 fully saturated rings. The molecule has 0 amide bonds. The van der Waals surface area contributed by atoms with E-state index in [1.165, 1.54) is 0 Å². The smallest absolute Gasteiger partial charge is 0.336 e. The fourth-order valence-electron chi connectivity index (χ4n) is 2.06. The van der Waals surface area contributed by atoms with Gasteiger partial charge >= 0.3 is 5.97 Å². The van der Waals surface area contributed by atoms with Gasteiger partial charge in [0.25, 0.3) is 0 Å². The summed E-state index contributed by atoms with van der Waals surface area (Å²) in [5.74, 6) is -0.928. The Morgan fingerprint density at radius 2 is 1.94 bits per heavy atom. The van der Waals surface area contributed by atoms with Gasteiger partial charge in [0, 0.05) is 18.0 Å². The Balaban J connectivity index is 2.33. The van der Waals surface area contributed by atoms with Crippen molar-refractivity contribution in [2.45, 2.75) is 0 Å². The Labute approximate surface area is 103 Å². The van der Waals surface area contributed by atoms with Gasteiger partial charge in [-0.25, -0.2) is 9.78 Å². The van der Waals surface area contributed by atoms with Crippen LogP contribution in [0, 0.1) is 0 Å². The first kappa shape index (κ1) is 10.5. The van der Waals surface area contributed by atoms with Crippen molar-refractivity contribution >= 4 is 11.6 Å². The highest BCUT2D eigenvalue weighted by atomic mass is 16.4. The molecule has 4 nitrogen and oxygen atoms in total. The number of nitrogens with zero attached hydrogens (tertiary/aromatic N) is 2. The van der Waals surface area contributed by atoms with Gasteiger partial charge in [-0.1, -0.05) is 24.3 Å².